The van der Waals surface area contributed by atoms with Gasteiger partial charge in [-0.1, -0.05) is 24.3 Å². The maximum atomic E-state index is 5.25. The van der Waals surface area contributed by atoms with Gasteiger partial charge in [0.25, 0.3) is 0 Å². The van der Waals surface area contributed by atoms with Crippen molar-refractivity contribution in [2.75, 3.05) is 13.7 Å². The number of benzene rings is 1. The first-order chi connectivity index (χ1) is 7.73. The summed E-state index contributed by atoms with van der Waals surface area (Å²) in [5.74, 6) is 0. The summed E-state index contributed by atoms with van der Waals surface area (Å²) >= 11 is 0. The van der Waals surface area contributed by atoms with Crippen LogP contribution in [0, 0.1) is 0 Å². The van der Waals surface area contributed by atoms with Crippen LogP contribution in [-0.2, 0) is 17.8 Å². The molecule has 1 fully saturated rings. The van der Waals surface area contributed by atoms with Gasteiger partial charge < -0.3 is 10.1 Å². The molecule has 1 aliphatic rings. The summed E-state index contributed by atoms with van der Waals surface area (Å²) in [6, 6.07) is 8.59. The minimum absolute atomic E-state index is 0.282. The number of nitrogens with one attached hydrogen (secondary N) is 1. The third kappa shape index (κ3) is 2.63. The molecule has 0 spiro atoms. The second kappa shape index (κ2) is 4.98. The topological polar surface area (TPSA) is 21.3 Å². The fourth-order valence-corrected chi connectivity index (χ4v) is 2.55. The number of ether oxygens (including phenoxy) is 1. The van der Waals surface area contributed by atoms with Crippen LogP contribution < -0.4 is 5.32 Å². The van der Waals surface area contributed by atoms with E-state index in [-0.39, 0.29) is 5.54 Å². The normalized spacial score (nSPS) is 24.9. The van der Waals surface area contributed by atoms with E-state index in [4.69, 9.17) is 4.74 Å². The third-order valence-corrected chi connectivity index (χ3v) is 3.46. The van der Waals surface area contributed by atoms with Gasteiger partial charge >= 0.3 is 0 Å². The molecule has 1 aliphatic heterocycles. The first kappa shape index (κ1) is 11.6. The van der Waals surface area contributed by atoms with E-state index in [9.17, 15) is 0 Å². The summed E-state index contributed by atoms with van der Waals surface area (Å²) in [4.78, 5) is 0. The van der Waals surface area contributed by atoms with E-state index in [0.29, 0.717) is 6.61 Å². The molecule has 1 saturated heterocycles. The quantitative estimate of drug-likeness (QED) is 0.840. The Morgan fingerprint density at radius 2 is 2.06 bits per heavy atom. The van der Waals surface area contributed by atoms with Crippen LogP contribution in [-0.4, -0.2) is 19.2 Å². The van der Waals surface area contributed by atoms with E-state index in [1.165, 1.54) is 24.0 Å². The molecule has 1 N–H and O–H groups in total. The van der Waals surface area contributed by atoms with Gasteiger partial charge in [0, 0.05) is 12.6 Å². The Morgan fingerprint density at radius 3 is 2.69 bits per heavy atom. The minimum atomic E-state index is 0.282. The van der Waals surface area contributed by atoms with E-state index in [0.717, 1.165) is 13.0 Å². The highest BCUT2D eigenvalue weighted by atomic mass is 16.5. The van der Waals surface area contributed by atoms with Crippen molar-refractivity contribution in [3.05, 3.63) is 35.4 Å². The SMILES string of the molecule is COCc1ccccc1CC1(C)CCCN1. The predicted octanol–water partition coefficient (Wildman–Crippen LogP) is 2.52. The van der Waals surface area contributed by atoms with Crippen molar-refractivity contribution in [2.45, 2.75) is 38.3 Å². The van der Waals surface area contributed by atoms with Crippen LogP contribution in [0.5, 0.6) is 0 Å². The van der Waals surface area contributed by atoms with Crippen LogP contribution in [0.3, 0.4) is 0 Å². The Balaban J connectivity index is 2.13. The van der Waals surface area contributed by atoms with Crippen molar-refractivity contribution in [1.82, 2.24) is 5.32 Å². The van der Waals surface area contributed by atoms with Crippen molar-refractivity contribution in [2.24, 2.45) is 0 Å². The zero-order valence-electron chi connectivity index (χ0n) is 10.3. The van der Waals surface area contributed by atoms with E-state index >= 15 is 0 Å². The molecule has 0 amide bonds. The lowest BCUT2D eigenvalue weighted by molar-refractivity contribution is 0.183. The van der Waals surface area contributed by atoms with Crippen LogP contribution in [0.1, 0.15) is 30.9 Å². The summed E-state index contributed by atoms with van der Waals surface area (Å²) in [6.07, 6.45) is 3.67. The number of rotatable bonds is 4. The summed E-state index contributed by atoms with van der Waals surface area (Å²) in [6.45, 7) is 4.19. The summed E-state index contributed by atoms with van der Waals surface area (Å²) in [7, 11) is 1.76. The predicted molar refractivity (Wildman–Crippen MR) is 66.5 cm³/mol. The van der Waals surface area contributed by atoms with Gasteiger partial charge in [-0.3, -0.25) is 0 Å². The molecule has 16 heavy (non-hydrogen) atoms. The molecule has 0 aliphatic carbocycles. The van der Waals surface area contributed by atoms with Crippen molar-refractivity contribution in [3.63, 3.8) is 0 Å². The Hall–Kier alpha value is -0.860. The number of hydrogen-bond acceptors (Lipinski definition) is 2. The van der Waals surface area contributed by atoms with Crippen LogP contribution >= 0.6 is 0 Å². The second-order valence-corrected chi connectivity index (χ2v) is 4.97. The maximum Gasteiger partial charge on any atom is 0.0715 e. The molecule has 1 aromatic rings. The molecule has 2 heteroatoms. The average molecular weight is 219 g/mol. The molecular formula is C14H21NO. The largest absolute Gasteiger partial charge is 0.380 e. The Labute approximate surface area is 98.0 Å². The van der Waals surface area contributed by atoms with Crippen LogP contribution in [0.2, 0.25) is 0 Å². The Kier molecular flexibility index (Phi) is 3.62. The highest BCUT2D eigenvalue weighted by Gasteiger charge is 2.28. The zero-order valence-corrected chi connectivity index (χ0v) is 10.3. The first-order valence-corrected chi connectivity index (χ1v) is 6.04. The molecule has 1 aromatic carbocycles. The van der Waals surface area contributed by atoms with Gasteiger partial charge in [0.2, 0.25) is 0 Å². The lowest BCUT2D eigenvalue weighted by Crippen LogP contribution is -2.38. The van der Waals surface area contributed by atoms with Crippen LogP contribution in [0.4, 0.5) is 0 Å². The van der Waals surface area contributed by atoms with Gasteiger partial charge in [-0.25, -0.2) is 0 Å². The molecule has 1 atom stereocenters. The standard InChI is InChI=1S/C14H21NO/c1-14(8-5-9-15-14)10-12-6-3-4-7-13(12)11-16-2/h3-4,6-7,15H,5,8-11H2,1-2H3. The lowest BCUT2D eigenvalue weighted by atomic mass is 9.89. The molecule has 2 rings (SSSR count). The number of hydrogen-bond donors (Lipinski definition) is 1. The van der Waals surface area contributed by atoms with Gasteiger partial charge in [0.05, 0.1) is 6.61 Å². The molecule has 0 bridgehead atoms. The van der Waals surface area contributed by atoms with Gasteiger partial charge in [0.15, 0.2) is 0 Å². The summed E-state index contributed by atoms with van der Waals surface area (Å²) in [5.41, 5.74) is 3.02. The summed E-state index contributed by atoms with van der Waals surface area (Å²) < 4.78 is 5.25. The monoisotopic (exact) mass is 219 g/mol. The Morgan fingerprint density at radius 1 is 1.31 bits per heavy atom. The van der Waals surface area contributed by atoms with Crippen LogP contribution in [0.25, 0.3) is 0 Å². The smallest absolute Gasteiger partial charge is 0.0715 e. The fraction of sp³-hybridized carbons (Fsp3) is 0.571. The maximum absolute atomic E-state index is 5.25. The van der Waals surface area contributed by atoms with E-state index in [2.05, 4.69) is 36.5 Å². The lowest BCUT2D eigenvalue weighted by Gasteiger charge is -2.25. The molecule has 0 saturated carbocycles. The average Bonchev–Trinajstić information content (AvgIpc) is 2.68. The van der Waals surface area contributed by atoms with Gasteiger partial charge in [-0.2, -0.15) is 0 Å². The van der Waals surface area contributed by atoms with Crippen molar-refractivity contribution < 1.29 is 4.74 Å². The van der Waals surface area contributed by atoms with Gasteiger partial charge in [-0.05, 0) is 43.9 Å². The molecule has 88 valence electrons. The van der Waals surface area contributed by atoms with E-state index < -0.39 is 0 Å². The van der Waals surface area contributed by atoms with Crippen molar-refractivity contribution >= 4 is 0 Å². The van der Waals surface area contributed by atoms with Crippen molar-refractivity contribution in [3.8, 4) is 0 Å². The molecule has 0 aromatic heterocycles. The molecule has 0 radical (unpaired) electrons. The molecule has 1 unspecified atom stereocenters. The van der Waals surface area contributed by atoms with Crippen molar-refractivity contribution in [1.29, 1.82) is 0 Å². The zero-order chi connectivity index (χ0) is 11.4. The molecule has 2 nitrogen and oxygen atoms in total. The molecular weight excluding hydrogens is 198 g/mol. The highest BCUT2D eigenvalue weighted by Crippen LogP contribution is 2.25. The minimum Gasteiger partial charge on any atom is -0.380 e. The second-order valence-electron chi connectivity index (χ2n) is 4.97. The summed E-state index contributed by atoms with van der Waals surface area (Å²) in [5, 5.41) is 3.61. The van der Waals surface area contributed by atoms with Crippen LogP contribution in [0.15, 0.2) is 24.3 Å². The molecule has 1 heterocycles. The van der Waals surface area contributed by atoms with E-state index in [1.54, 1.807) is 7.11 Å². The fourth-order valence-electron chi connectivity index (χ4n) is 2.55. The number of methoxy groups -OCH3 is 1. The van der Waals surface area contributed by atoms with Gasteiger partial charge in [-0.15, -0.1) is 0 Å². The Bertz CT molecular complexity index is 342. The van der Waals surface area contributed by atoms with E-state index in [1.807, 2.05) is 0 Å². The van der Waals surface area contributed by atoms with Gasteiger partial charge in [0.1, 0.15) is 0 Å². The third-order valence-electron chi connectivity index (χ3n) is 3.46. The first-order valence-electron chi connectivity index (χ1n) is 6.04. The highest BCUT2D eigenvalue weighted by molar-refractivity contribution is 5.28.